The van der Waals surface area contributed by atoms with Crippen LogP contribution >= 0.6 is 11.6 Å². The van der Waals surface area contributed by atoms with Gasteiger partial charge in [-0.05, 0) is 76.1 Å². The largest absolute Gasteiger partial charge is 0.497 e. The van der Waals surface area contributed by atoms with Crippen LogP contribution < -0.4 is 10.1 Å². The van der Waals surface area contributed by atoms with Crippen molar-refractivity contribution in [1.29, 1.82) is 0 Å². The molecule has 2 aromatic carbocycles. The molecule has 1 aliphatic heterocycles. The molecule has 4 rings (SSSR count). The molecule has 2 heterocycles. The van der Waals surface area contributed by atoms with Gasteiger partial charge in [0.05, 0.1) is 35.3 Å². The van der Waals surface area contributed by atoms with E-state index in [9.17, 15) is 14.0 Å². The third kappa shape index (κ3) is 6.22. The number of aromatic nitrogens is 2. The molecule has 1 saturated heterocycles. The van der Waals surface area contributed by atoms with Gasteiger partial charge >= 0.3 is 6.09 Å². The third-order valence-electron chi connectivity index (χ3n) is 6.08. The highest BCUT2D eigenvalue weighted by Gasteiger charge is 2.32. The van der Waals surface area contributed by atoms with Crippen LogP contribution in [0, 0.1) is 5.82 Å². The summed E-state index contributed by atoms with van der Waals surface area (Å²) in [4.78, 5) is 27.6. The number of halogens is 2. The number of carbonyl (C=O) groups excluding carboxylic acids is 2. The minimum atomic E-state index is -0.574. The second-order valence-electron chi connectivity index (χ2n) is 9.88. The van der Waals surface area contributed by atoms with Gasteiger partial charge in [-0.15, -0.1) is 0 Å². The molecule has 1 aliphatic rings. The fourth-order valence-corrected chi connectivity index (χ4v) is 4.47. The molecule has 196 valence electrons. The molecule has 0 unspecified atom stereocenters. The maximum atomic E-state index is 13.6. The van der Waals surface area contributed by atoms with Crippen molar-refractivity contribution in [2.45, 2.75) is 45.1 Å². The van der Waals surface area contributed by atoms with Gasteiger partial charge in [-0.3, -0.25) is 4.79 Å². The Kier molecular flexibility index (Phi) is 7.73. The van der Waals surface area contributed by atoms with E-state index in [2.05, 4.69) is 10.4 Å². The predicted molar refractivity (Wildman–Crippen MR) is 139 cm³/mol. The fraction of sp³-hybridized carbons (Fsp3) is 0.370. The fourth-order valence-electron chi connectivity index (χ4n) is 4.29. The number of piperidine rings is 1. The molecule has 1 fully saturated rings. The van der Waals surface area contributed by atoms with Gasteiger partial charge in [0, 0.05) is 24.7 Å². The van der Waals surface area contributed by atoms with Gasteiger partial charge in [0.25, 0.3) is 5.91 Å². The van der Waals surface area contributed by atoms with E-state index in [1.165, 1.54) is 24.4 Å². The number of hydrogen-bond donors (Lipinski definition) is 1. The second kappa shape index (κ2) is 10.8. The lowest BCUT2D eigenvalue weighted by molar-refractivity contribution is 0.0203. The number of nitrogens with zero attached hydrogens (tertiary/aromatic N) is 3. The Hall–Kier alpha value is -3.59. The van der Waals surface area contributed by atoms with Gasteiger partial charge in [-0.1, -0.05) is 11.6 Å². The van der Waals surface area contributed by atoms with Crippen LogP contribution in [0.1, 0.15) is 55.6 Å². The van der Waals surface area contributed by atoms with Crippen LogP contribution in [0.4, 0.5) is 14.9 Å². The van der Waals surface area contributed by atoms with Crippen LogP contribution in [0.25, 0.3) is 5.69 Å². The summed E-state index contributed by atoms with van der Waals surface area (Å²) in [5.41, 5.74) is 1.70. The van der Waals surface area contributed by atoms with Crippen molar-refractivity contribution in [3.8, 4) is 11.4 Å². The van der Waals surface area contributed by atoms with E-state index in [1.54, 1.807) is 16.7 Å². The number of rotatable bonds is 5. The SMILES string of the molecule is COc1ccc(-n2ncc(C(=O)Nc3ccc(F)c(Cl)c3)c2C2CCN(C(=O)OC(C)(C)C)CC2)cc1. The molecule has 0 atom stereocenters. The predicted octanol–water partition coefficient (Wildman–Crippen LogP) is 6.04. The Balaban J connectivity index is 1.62. The number of likely N-dealkylation sites (tertiary alicyclic amines) is 1. The summed E-state index contributed by atoms with van der Waals surface area (Å²) in [6, 6.07) is 11.4. The average molecular weight is 529 g/mol. The Labute approximate surface area is 220 Å². The molecule has 0 saturated carbocycles. The summed E-state index contributed by atoms with van der Waals surface area (Å²) in [5, 5.41) is 7.25. The van der Waals surface area contributed by atoms with Gasteiger partial charge in [-0.2, -0.15) is 5.10 Å². The van der Waals surface area contributed by atoms with Crippen molar-refractivity contribution in [2.24, 2.45) is 0 Å². The zero-order valence-corrected chi connectivity index (χ0v) is 22.0. The Morgan fingerprint density at radius 2 is 1.78 bits per heavy atom. The zero-order chi connectivity index (χ0) is 26.7. The standard InChI is InChI=1S/C27H30ClFN4O4/c1-27(2,3)37-26(35)32-13-11-17(12-14-32)24-21(25(34)31-18-5-10-23(29)22(28)15-18)16-30-33(24)19-6-8-20(36-4)9-7-19/h5-10,15-17H,11-14H2,1-4H3,(H,31,34). The topological polar surface area (TPSA) is 85.7 Å². The molecule has 37 heavy (non-hydrogen) atoms. The van der Waals surface area contributed by atoms with Gasteiger partial charge in [0.15, 0.2) is 0 Å². The zero-order valence-electron chi connectivity index (χ0n) is 21.3. The van der Waals surface area contributed by atoms with Crippen molar-refractivity contribution >= 4 is 29.3 Å². The molecule has 0 bridgehead atoms. The van der Waals surface area contributed by atoms with E-state index in [-0.39, 0.29) is 22.9 Å². The maximum Gasteiger partial charge on any atom is 0.410 e. The first kappa shape index (κ1) is 26.5. The number of benzene rings is 2. The summed E-state index contributed by atoms with van der Waals surface area (Å²) in [5.74, 6) is -0.286. The molecule has 8 nitrogen and oxygen atoms in total. The van der Waals surface area contributed by atoms with Crippen molar-refractivity contribution in [2.75, 3.05) is 25.5 Å². The summed E-state index contributed by atoms with van der Waals surface area (Å²) in [6.07, 6.45) is 2.44. The highest BCUT2D eigenvalue weighted by atomic mass is 35.5. The van der Waals surface area contributed by atoms with Crippen LogP contribution in [-0.4, -0.2) is 52.5 Å². The monoisotopic (exact) mass is 528 g/mol. The molecule has 0 aliphatic carbocycles. The Morgan fingerprint density at radius 1 is 1.11 bits per heavy atom. The highest BCUT2D eigenvalue weighted by Crippen LogP contribution is 2.33. The lowest BCUT2D eigenvalue weighted by Gasteiger charge is -2.34. The van der Waals surface area contributed by atoms with Crippen LogP contribution in [0.3, 0.4) is 0 Å². The Bertz CT molecular complexity index is 1280. The summed E-state index contributed by atoms with van der Waals surface area (Å²) >= 11 is 5.89. The molecule has 0 radical (unpaired) electrons. The normalized spacial score (nSPS) is 14.4. The second-order valence-corrected chi connectivity index (χ2v) is 10.3. The van der Waals surface area contributed by atoms with Crippen molar-refractivity contribution in [3.63, 3.8) is 0 Å². The van der Waals surface area contributed by atoms with E-state index >= 15 is 0 Å². The van der Waals surface area contributed by atoms with Crippen LogP contribution in [-0.2, 0) is 4.74 Å². The third-order valence-corrected chi connectivity index (χ3v) is 6.37. The lowest BCUT2D eigenvalue weighted by atomic mass is 9.90. The van der Waals surface area contributed by atoms with Crippen LogP contribution in [0.2, 0.25) is 5.02 Å². The van der Waals surface area contributed by atoms with Crippen molar-refractivity contribution in [3.05, 3.63) is 70.8 Å². The summed E-state index contributed by atoms with van der Waals surface area (Å²) < 4.78 is 26.1. The van der Waals surface area contributed by atoms with Gasteiger partial charge < -0.3 is 19.7 Å². The average Bonchev–Trinajstić information content (AvgIpc) is 3.31. The lowest BCUT2D eigenvalue weighted by Crippen LogP contribution is -2.41. The van der Waals surface area contributed by atoms with E-state index in [0.29, 0.717) is 42.9 Å². The van der Waals surface area contributed by atoms with Crippen LogP contribution in [0.5, 0.6) is 5.75 Å². The minimum Gasteiger partial charge on any atom is -0.497 e. The van der Waals surface area contributed by atoms with Gasteiger partial charge in [-0.25, -0.2) is 13.9 Å². The quantitative estimate of drug-likeness (QED) is 0.436. The first-order valence-corrected chi connectivity index (χ1v) is 12.4. The number of methoxy groups -OCH3 is 1. The summed E-state index contributed by atoms with van der Waals surface area (Å²) in [7, 11) is 1.59. The summed E-state index contributed by atoms with van der Waals surface area (Å²) in [6.45, 7) is 6.49. The molecule has 3 aromatic rings. The van der Waals surface area contributed by atoms with E-state index in [0.717, 1.165) is 11.4 Å². The molecule has 2 amide bonds. The molecule has 1 aromatic heterocycles. The van der Waals surface area contributed by atoms with E-state index < -0.39 is 11.4 Å². The number of carbonyl (C=O) groups is 2. The molecule has 0 spiro atoms. The number of hydrogen-bond acceptors (Lipinski definition) is 5. The van der Waals surface area contributed by atoms with Crippen molar-refractivity contribution < 1.29 is 23.5 Å². The number of amides is 2. The maximum absolute atomic E-state index is 13.6. The van der Waals surface area contributed by atoms with Crippen LogP contribution in [0.15, 0.2) is 48.7 Å². The van der Waals surface area contributed by atoms with E-state index in [1.807, 2.05) is 45.0 Å². The number of anilines is 1. The molecule has 10 heteroatoms. The molecular weight excluding hydrogens is 499 g/mol. The van der Waals surface area contributed by atoms with E-state index in [4.69, 9.17) is 21.1 Å². The Morgan fingerprint density at radius 3 is 2.38 bits per heavy atom. The minimum absolute atomic E-state index is 0.0409. The van der Waals surface area contributed by atoms with Gasteiger partial charge in [0.2, 0.25) is 0 Å². The van der Waals surface area contributed by atoms with Crippen molar-refractivity contribution in [1.82, 2.24) is 14.7 Å². The highest BCUT2D eigenvalue weighted by molar-refractivity contribution is 6.31. The molecular formula is C27H30ClFN4O4. The number of nitrogens with one attached hydrogen (secondary N) is 1. The first-order chi connectivity index (χ1) is 17.6. The smallest absolute Gasteiger partial charge is 0.410 e. The van der Waals surface area contributed by atoms with Gasteiger partial charge in [0.1, 0.15) is 17.2 Å². The number of ether oxygens (including phenoxy) is 2. The molecule has 1 N–H and O–H groups in total. The first-order valence-electron chi connectivity index (χ1n) is 12.0.